The van der Waals surface area contributed by atoms with Gasteiger partial charge in [-0.05, 0) is 11.8 Å². The van der Waals surface area contributed by atoms with Crippen LogP contribution in [0.2, 0.25) is 0 Å². The predicted molar refractivity (Wildman–Crippen MR) is 73.8 cm³/mol. The van der Waals surface area contributed by atoms with Gasteiger partial charge in [-0.15, -0.1) is 0 Å². The highest BCUT2D eigenvalue weighted by Crippen LogP contribution is 2.36. The number of fused-ring (bicyclic) bond motifs is 1. The Morgan fingerprint density at radius 2 is 1.85 bits per heavy atom. The summed E-state index contributed by atoms with van der Waals surface area (Å²) in [6.07, 6.45) is 7.50. The second kappa shape index (κ2) is 4.63. The molecule has 0 saturated carbocycles. The monoisotopic (exact) mass is 269 g/mol. The van der Waals surface area contributed by atoms with Crippen LogP contribution >= 0.6 is 0 Å². The van der Waals surface area contributed by atoms with Crippen molar-refractivity contribution in [2.75, 3.05) is 5.32 Å². The Balaban J connectivity index is 2.00. The van der Waals surface area contributed by atoms with Crippen LogP contribution in [0.15, 0.2) is 25.0 Å². The van der Waals surface area contributed by atoms with Crippen molar-refractivity contribution < 1.29 is 4.79 Å². The van der Waals surface area contributed by atoms with Gasteiger partial charge in [0.2, 0.25) is 0 Å². The summed E-state index contributed by atoms with van der Waals surface area (Å²) in [5.74, 6) is 0.612. The zero-order valence-electron chi connectivity index (χ0n) is 11.4. The van der Waals surface area contributed by atoms with Gasteiger partial charge in [0.05, 0.1) is 29.3 Å². The summed E-state index contributed by atoms with van der Waals surface area (Å²) in [4.78, 5) is 28.7. The SMILES string of the molecule is CC1(C)CC(=O)c2c(ncnc2Nc2cncnc2)C1. The van der Waals surface area contributed by atoms with Crippen LogP contribution < -0.4 is 5.32 Å². The van der Waals surface area contributed by atoms with Crippen LogP contribution in [0.3, 0.4) is 0 Å². The largest absolute Gasteiger partial charge is 0.337 e. The lowest BCUT2D eigenvalue weighted by molar-refractivity contribution is 0.0911. The first-order valence-electron chi connectivity index (χ1n) is 6.44. The highest BCUT2D eigenvalue weighted by molar-refractivity contribution is 6.03. The average Bonchev–Trinajstić information content (AvgIpc) is 2.38. The van der Waals surface area contributed by atoms with E-state index in [0.29, 0.717) is 23.5 Å². The molecule has 2 heterocycles. The zero-order chi connectivity index (χ0) is 14.2. The van der Waals surface area contributed by atoms with Crippen molar-refractivity contribution in [2.24, 2.45) is 5.41 Å². The van der Waals surface area contributed by atoms with Gasteiger partial charge >= 0.3 is 0 Å². The highest BCUT2D eigenvalue weighted by atomic mass is 16.1. The molecule has 6 nitrogen and oxygen atoms in total. The maximum atomic E-state index is 12.4. The number of aromatic nitrogens is 4. The van der Waals surface area contributed by atoms with Crippen LogP contribution in [0.5, 0.6) is 0 Å². The molecular weight excluding hydrogens is 254 g/mol. The third-order valence-electron chi connectivity index (χ3n) is 3.31. The van der Waals surface area contributed by atoms with E-state index in [2.05, 4.69) is 39.1 Å². The molecule has 0 aromatic carbocycles. The number of nitrogens with one attached hydrogen (secondary N) is 1. The Morgan fingerprint density at radius 1 is 1.10 bits per heavy atom. The van der Waals surface area contributed by atoms with Crippen LogP contribution in [0, 0.1) is 5.41 Å². The van der Waals surface area contributed by atoms with E-state index in [0.717, 1.165) is 12.1 Å². The molecule has 20 heavy (non-hydrogen) atoms. The summed E-state index contributed by atoms with van der Waals surface area (Å²) in [6, 6.07) is 0. The first kappa shape index (κ1) is 12.7. The van der Waals surface area contributed by atoms with E-state index in [-0.39, 0.29) is 11.2 Å². The maximum Gasteiger partial charge on any atom is 0.168 e. The summed E-state index contributed by atoms with van der Waals surface area (Å²) in [5, 5.41) is 3.09. The van der Waals surface area contributed by atoms with Gasteiger partial charge < -0.3 is 5.32 Å². The molecule has 0 spiro atoms. The number of hydrogen-bond acceptors (Lipinski definition) is 6. The lowest BCUT2D eigenvalue weighted by Gasteiger charge is -2.29. The van der Waals surface area contributed by atoms with Crippen LogP contribution in [-0.2, 0) is 6.42 Å². The number of Topliss-reactive ketones (excluding diaryl/α,β-unsaturated/α-hetero) is 1. The van der Waals surface area contributed by atoms with Gasteiger partial charge in [0.25, 0.3) is 0 Å². The van der Waals surface area contributed by atoms with E-state index in [9.17, 15) is 4.79 Å². The molecule has 0 bridgehead atoms. The number of hydrogen-bond donors (Lipinski definition) is 1. The maximum absolute atomic E-state index is 12.4. The molecule has 1 aliphatic rings. The zero-order valence-corrected chi connectivity index (χ0v) is 11.4. The molecule has 1 aliphatic carbocycles. The van der Waals surface area contributed by atoms with Crippen LogP contribution in [0.4, 0.5) is 11.5 Å². The van der Waals surface area contributed by atoms with Crippen LogP contribution in [0.25, 0.3) is 0 Å². The number of nitrogens with zero attached hydrogens (tertiary/aromatic N) is 4. The Labute approximate surface area is 116 Å². The molecule has 6 heteroatoms. The van der Waals surface area contributed by atoms with Crippen LogP contribution in [-0.4, -0.2) is 25.7 Å². The first-order valence-corrected chi connectivity index (χ1v) is 6.44. The summed E-state index contributed by atoms with van der Waals surface area (Å²) < 4.78 is 0. The predicted octanol–water partition coefficient (Wildman–Crippen LogP) is 2.17. The molecule has 0 saturated heterocycles. The van der Waals surface area contributed by atoms with Gasteiger partial charge in [0, 0.05) is 6.42 Å². The lowest BCUT2D eigenvalue weighted by Crippen LogP contribution is -2.29. The van der Waals surface area contributed by atoms with Gasteiger partial charge in [-0.3, -0.25) is 4.79 Å². The van der Waals surface area contributed by atoms with Gasteiger partial charge in [0.1, 0.15) is 18.5 Å². The lowest BCUT2D eigenvalue weighted by atomic mass is 9.76. The van der Waals surface area contributed by atoms with E-state index in [1.165, 1.54) is 12.7 Å². The fraction of sp³-hybridized carbons (Fsp3) is 0.357. The molecule has 3 rings (SSSR count). The number of carbonyl (C=O) groups excluding carboxylic acids is 1. The fourth-order valence-corrected chi connectivity index (χ4v) is 2.48. The standard InChI is InChI=1S/C14H15N5O/c1-14(2)3-10-12(11(20)4-14)13(18-8-17-10)19-9-5-15-7-16-6-9/h5-8H,3-4H2,1-2H3,(H,17,18,19). The van der Waals surface area contributed by atoms with Crippen molar-refractivity contribution in [2.45, 2.75) is 26.7 Å². The Bertz CT molecular complexity index is 654. The molecule has 102 valence electrons. The topological polar surface area (TPSA) is 80.7 Å². The second-order valence-corrected chi connectivity index (χ2v) is 5.74. The molecule has 0 unspecified atom stereocenters. The minimum Gasteiger partial charge on any atom is -0.337 e. The molecule has 0 atom stereocenters. The second-order valence-electron chi connectivity index (χ2n) is 5.74. The average molecular weight is 269 g/mol. The summed E-state index contributed by atoms with van der Waals surface area (Å²) in [6.45, 7) is 4.15. The Kier molecular flexibility index (Phi) is 2.93. The number of anilines is 2. The number of carbonyl (C=O) groups is 1. The van der Waals surface area contributed by atoms with Gasteiger partial charge in [-0.25, -0.2) is 19.9 Å². The molecule has 1 N–H and O–H groups in total. The van der Waals surface area contributed by atoms with E-state index >= 15 is 0 Å². The third-order valence-corrected chi connectivity index (χ3v) is 3.31. The van der Waals surface area contributed by atoms with Crippen molar-refractivity contribution in [1.82, 2.24) is 19.9 Å². The first-order chi connectivity index (χ1) is 9.55. The van der Waals surface area contributed by atoms with Gasteiger partial charge in [-0.2, -0.15) is 0 Å². The van der Waals surface area contributed by atoms with E-state index in [1.807, 2.05) is 0 Å². The van der Waals surface area contributed by atoms with Crippen LogP contribution in [0.1, 0.15) is 36.3 Å². The summed E-state index contributed by atoms with van der Waals surface area (Å²) in [5.41, 5.74) is 2.05. The molecule has 2 aromatic heterocycles. The highest BCUT2D eigenvalue weighted by Gasteiger charge is 2.34. The van der Waals surface area contributed by atoms with Crippen molar-refractivity contribution in [3.63, 3.8) is 0 Å². The van der Waals surface area contributed by atoms with Crippen molar-refractivity contribution in [1.29, 1.82) is 0 Å². The number of rotatable bonds is 2. The molecule has 2 aromatic rings. The Morgan fingerprint density at radius 3 is 2.60 bits per heavy atom. The smallest absolute Gasteiger partial charge is 0.168 e. The summed E-state index contributed by atoms with van der Waals surface area (Å²) >= 11 is 0. The Hall–Kier alpha value is -2.37. The fourth-order valence-electron chi connectivity index (χ4n) is 2.48. The normalized spacial score (nSPS) is 16.6. The van der Waals surface area contributed by atoms with E-state index < -0.39 is 0 Å². The van der Waals surface area contributed by atoms with Gasteiger partial charge in [-0.1, -0.05) is 13.8 Å². The molecule has 0 fully saturated rings. The minimum atomic E-state index is -0.0500. The van der Waals surface area contributed by atoms with Gasteiger partial charge in [0.15, 0.2) is 5.78 Å². The minimum absolute atomic E-state index is 0.0500. The molecular formula is C14H15N5O. The molecule has 0 amide bonds. The quantitative estimate of drug-likeness (QED) is 0.899. The number of ketones is 1. The van der Waals surface area contributed by atoms with Crippen molar-refractivity contribution in [3.8, 4) is 0 Å². The van der Waals surface area contributed by atoms with E-state index in [4.69, 9.17) is 0 Å². The molecule has 0 radical (unpaired) electrons. The molecule has 0 aliphatic heterocycles. The van der Waals surface area contributed by atoms with E-state index in [1.54, 1.807) is 12.4 Å². The van der Waals surface area contributed by atoms with Crippen molar-refractivity contribution >= 4 is 17.3 Å². The third kappa shape index (κ3) is 2.36. The summed E-state index contributed by atoms with van der Waals surface area (Å²) in [7, 11) is 0. The van der Waals surface area contributed by atoms with Crippen molar-refractivity contribution in [3.05, 3.63) is 36.3 Å².